The van der Waals surface area contributed by atoms with Crippen LogP contribution < -0.4 is 5.32 Å². The summed E-state index contributed by atoms with van der Waals surface area (Å²) in [6, 6.07) is 0.0159. The molecule has 1 fully saturated rings. The fourth-order valence-corrected chi connectivity index (χ4v) is 5.44. The summed E-state index contributed by atoms with van der Waals surface area (Å²) in [7, 11) is -3.52. The maximum atomic E-state index is 12.9. The minimum Gasteiger partial charge on any atom is -0.313 e. The van der Waals surface area contributed by atoms with Gasteiger partial charge in [0.05, 0.1) is 0 Å². The van der Waals surface area contributed by atoms with Gasteiger partial charge in [-0.25, -0.2) is 8.42 Å². The molecule has 1 aliphatic rings. The number of rotatable bonds is 6. The molecular formula is C13H24N4O2S2. The van der Waals surface area contributed by atoms with E-state index >= 15 is 0 Å². The lowest BCUT2D eigenvalue weighted by Crippen LogP contribution is -2.44. The zero-order valence-corrected chi connectivity index (χ0v) is 14.5. The van der Waals surface area contributed by atoms with Crippen molar-refractivity contribution in [3.05, 3.63) is 11.3 Å². The van der Waals surface area contributed by atoms with Crippen LogP contribution in [0, 0.1) is 6.92 Å². The van der Waals surface area contributed by atoms with Gasteiger partial charge in [-0.15, -0.1) is 0 Å². The molecule has 2 heterocycles. The first kappa shape index (κ1) is 16.8. The molecule has 0 amide bonds. The average molecular weight is 332 g/mol. The van der Waals surface area contributed by atoms with E-state index in [0.717, 1.165) is 35.7 Å². The Bertz CT molecular complexity index is 571. The number of sulfonamides is 1. The zero-order chi connectivity index (χ0) is 15.5. The van der Waals surface area contributed by atoms with Gasteiger partial charge in [0.2, 0.25) is 0 Å². The third kappa shape index (κ3) is 3.61. The molecule has 0 radical (unpaired) electrons. The van der Waals surface area contributed by atoms with Gasteiger partial charge in [0.1, 0.15) is 0 Å². The Hall–Kier alpha value is -0.570. The van der Waals surface area contributed by atoms with Crippen LogP contribution in [-0.4, -0.2) is 53.6 Å². The predicted molar refractivity (Wildman–Crippen MR) is 86.0 cm³/mol. The van der Waals surface area contributed by atoms with Crippen LogP contribution in [0.2, 0.25) is 0 Å². The molecule has 0 spiro atoms. The van der Waals surface area contributed by atoms with Gasteiger partial charge in [0, 0.05) is 41.9 Å². The van der Waals surface area contributed by atoms with E-state index in [2.05, 4.69) is 22.4 Å². The van der Waals surface area contributed by atoms with Crippen molar-refractivity contribution in [2.45, 2.75) is 44.8 Å². The molecule has 1 aromatic rings. The Kier molecular flexibility index (Phi) is 5.70. The molecule has 1 saturated heterocycles. The molecule has 2 N–H and O–H groups in total. The fourth-order valence-electron chi connectivity index (χ4n) is 2.42. The molecule has 120 valence electrons. The normalized spacial score (nSPS) is 20.8. The van der Waals surface area contributed by atoms with Gasteiger partial charge in [-0.05, 0) is 26.8 Å². The van der Waals surface area contributed by atoms with Crippen LogP contribution in [0.25, 0.3) is 0 Å². The Morgan fingerprint density at radius 3 is 2.95 bits per heavy atom. The van der Waals surface area contributed by atoms with Gasteiger partial charge in [0.25, 0.3) is 10.0 Å². The van der Waals surface area contributed by atoms with Crippen LogP contribution in [0.5, 0.6) is 0 Å². The first-order valence-electron chi connectivity index (χ1n) is 7.32. The number of nitrogens with zero attached hydrogens (tertiary/aromatic N) is 2. The number of aromatic amines is 1. The van der Waals surface area contributed by atoms with Crippen molar-refractivity contribution in [2.75, 3.05) is 24.6 Å². The highest BCUT2D eigenvalue weighted by Crippen LogP contribution is 2.26. The largest absolute Gasteiger partial charge is 0.313 e. The van der Waals surface area contributed by atoms with Crippen molar-refractivity contribution in [3.8, 4) is 0 Å². The number of hydrogen-bond donors (Lipinski definition) is 2. The van der Waals surface area contributed by atoms with E-state index in [1.807, 2.05) is 13.8 Å². The Balaban J connectivity index is 2.27. The minimum absolute atomic E-state index is 0.0159. The van der Waals surface area contributed by atoms with Crippen LogP contribution in [0.3, 0.4) is 0 Å². The molecule has 6 nitrogen and oxygen atoms in total. The number of thioether (sulfide) groups is 1. The Morgan fingerprint density at radius 2 is 2.29 bits per heavy atom. The highest BCUT2D eigenvalue weighted by molar-refractivity contribution is 7.99. The van der Waals surface area contributed by atoms with Crippen molar-refractivity contribution >= 4 is 21.8 Å². The van der Waals surface area contributed by atoms with Gasteiger partial charge < -0.3 is 5.32 Å². The first-order chi connectivity index (χ1) is 9.98. The second kappa shape index (κ2) is 7.13. The van der Waals surface area contributed by atoms with Crippen molar-refractivity contribution in [2.24, 2.45) is 0 Å². The van der Waals surface area contributed by atoms with Crippen LogP contribution >= 0.6 is 11.8 Å². The van der Waals surface area contributed by atoms with Gasteiger partial charge in [-0.2, -0.15) is 21.2 Å². The molecule has 0 aromatic carbocycles. The van der Waals surface area contributed by atoms with Crippen molar-refractivity contribution in [1.29, 1.82) is 0 Å². The second-order valence-corrected chi connectivity index (χ2v) is 8.30. The summed E-state index contributed by atoms with van der Waals surface area (Å²) in [5.41, 5.74) is 1.57. The van der Waals surface area contributed by atoms with Crippen molar-refractivity contribution in [1.82, 2.24) is 19.8 Å². The van der Waals surface area contributed by atoms with Crippen LogP contribution in [0.4, 0.5) is 0 Å². The lowest BCUT2D eigenvalue weighted by molar-refractivity contribution is 0.365. The summed E-state index contributed by atoms with van der Waals surface area (Å²) in [5, 5.41) is 10.3. The quantitative estimate of drug-likeness (QED) is 0.769. The van der Waals surface area contributed by atoms with Gasteiger partial charge in [-0.1, -0.05) is 6.92 Å². The molecule has 21 heavy (non-hydrogen) atoms. The standard InChI is InChI=1S/C13H24N4O2S2/c1-4-5-14-8-12-11(3)15-16-13(12)21(18,19)17-6-7-20-9-10(17)2/h10,14H,4-9H2,1-3H3,(H,15,16). The van der Waals surface area contributed by atoms with E-state index in [0.29, 0.717) is 13.1 Å². The molecule has 8 heteroatoms. The molecule has 1 aliphatic heterocycles. The number of aryl methyl sites for hydroxylation is 1. The lowest BCUT2D eigenvalue weighted by atomic mass is 10.2. The van der Waals surface area contributed by atoms with Crippen LogP contribution in [0.1, 0.15) is 31.5 Å². The van der Waals surface area contributed by atoms with Crippen LogP contribution in [-0.2, 0) is 16.6 Å². The summed E-state index contributed by atoms with van der Waals surface area (Å²) in [5.74, 6) is 1.68. The molecular weight excluding hydrogens is 308 g/mol. The summed E-state index contributed by atoms with van der Waals surface area (Å²) < 4.78 is 27.3. The molecule has 0 bridgehead atoms. The first-order valence-corrected chi connectivity index (χ1v) is 9.92. The van der Waals surface area contributed by atoms with E-state index in [1.165, 1.54) is 0 Å². The average Bonchev–Trinajstić information content (AvgIpc) is 2.82. The molecule has 2 rings (SSSR count). The zero-order valence-electron chi connectivity index (χ0n) is 12.8. The molecule has 0 aliphatic carbocycles. The third-order valence-corrected chi connectivity index (χ3v) is 6.80. The monoisotopic (exact) mass is 332 g/mol. The Labute approximate surface area is 131 Å². The van der Waals surface area contributed by atoms with E-state index in [-0.39, 0.29) is 11.1 Å². The molecule has 1 unspecified atom stereocenters. The maximum Gasteiger partial charge on any atom is 0.263 e. The van der Waals surface area contributed by atoms with Gasteiger partial charge in [-0.3, -0.25) is 5.10 Å². The molecule has 1 atom stereocenters. The number of nitrogens with one attached hydrogen (secondary N) is 2. The Morgan fingerprint density at radius 1 is 1.52 bits per heavy atom. The molecule has 1 aromatic heterocycles. The van der Waals surface area contributed by atoms with Gasteiger partial charge in [0.15, 0.2) is 5.03 Å². The summed E-state index contributed by atoms with van der Waals surface area (Å²) >= 11 is 1.80. The van der Waals surface area contributed by atoms with E-state index < -0.39 is 10.0 Å². The number of aromatic nitrogens is 2. The molecule has 0 saturated carbocycles. The predicted octanol–water partition coefficient (Wildman–Crippen LogP) is 1.34. The maximum absolute atomic E-state index is 12.9. The highest BCUT2D eigenvalue weighted by Gasteiger charge is 2.35. The fraction of sp³-hybridized carbons (Fsp3) is 0.769. The second-order valence-electron chi connectivity index (χ2n) is 5.35. The van der Waals surface area contributed by atoms with Gasteiger partial charge >= 0.3 is 0 Å². The van der Waals surface area contributed by atoms with E-state index in [4.69, 9.17) is 0 Å². The minimum atomic E-state index is -3.52. The summed E-state index contributed by atoms with van der Waals surface area (Å²) in [6.45, 7) is 7.85. The van der Waals surface area contributed by atoms with E-state index in [1.54, 1.807) is 16.1 Å². The van der Waals surface area contributed by atoms with Crippen molar-refractivity contribution in [3.63, 3.8) is 0 Å². The highest BCUT2D eigenvalue weighted by atomic mass is 32.2. The smallest absolute Gasteiger partial charge is 0.263 e. The van der Waals surface area contributed by atoms with Crippen LogP contribution in [0.15, 0.2) is 5.03 Å². The SMILES string of the molecule is CCCNCc1c(S(=O)(=O)N2CCSCC2C)n[nH]c1C. The topological polar surface area (TPSA) is 78.1 Å². The summed E-state index contributed by atoms with van der Waals surface area (Å²) in [4.78, 5) is 0. The summed E-state index contributed by atoms with van der Waals surface area (Å²) in [6.07, 6.45) is 1.01. The van der Waals surface area contributed by atoms with Crippen molar-refractivity contribution < 1.29 is 8.42 Å². The lowest BCUT2D eigenvalue weighted by Gasteiger charge is -2.31. The number of hydrogen-bond acceptors (Lipinski definition) is 5. The third-order valence-electron chi connectivity index (χ3n) is 3.62. The van der Waals surface area contributed by atoms with E-state index in [9.17, 15) is 8.42 Å². The number of H-pyrrole nitrogens is 1.